The number of nitrogens with one attached hydrogen (secondary N) is 1. The standard InChI is InChI=1S/C18H25N3/c1-2-11-19-13-17-10-12-21(20-17)14-16-8-5-7-15-6-3-4-9-18(15)16/h3-4,6,9-10,12,16,19H,2,5,7-8,11,13-14H2,1H3. The molecule has 3 heteroatoms. The molecule has 1 aromatic heterocycles. The summed E-state index contributed by atoms with van der Waals surface area (Å²) in [5.41, 5.74) is 4.21. The Morgan fingerprint density at radius 2 is 2.19 bits per heavy atom. The van der Waals surface area contributed by atoms with Gasteiger partial charge in [0.15, 0.2) is 0 Å². The van der Waals surface area contributed by atoms with E-state index in [-0.39, 0.29) is 0 Å². The maximum atomic E-state index is 4.70. The Hall–Kier alpha value is -1.61. The van der Waals surface area contributed by atoms with Crippen molar-refractivity contribution in [3.63, 3.8) is 0 Å². The number of nitrogens with zero attached hydrogens (tertiary/aromatic N) is 2. The minimum atomic E-state index is 0.617. The van der Waals surface area contributed by atoms with Crippen LogP contribution in [0.1, 0.15) is 48.9 Å². The minimum absolute atomic E-state index is 0.617. The molecule has 0 radical (unpaired) electrons. The summed E-state index contributed by atoms with van der Waals surface area (Å²) in [6.07, 6.45) is 7.10. The van der Waals surface area contributed by atoms with Crippen molar-refractivity contribution in [1.82, 2.24) is 15.1 Å². The van der Waals surface area contributed by atoms with Crippen molar-refractivity contribution in [2.24, 2.45) is 0 Å². The van der Waals surface area contributed by atoms with Gasteiger partial charge in [-0.05, 0) is 49.4 Å². The fraction of sp³-hybridized carbons (Fsp3) is 0.500. The van der Waals surface area contributed by atoms with Crippen LogP contribution in [-0.2, 0) is 19.5 Å². The lowest BCUT2D eigenvalue weighted by Gasteiger charge is -2.25. The molecule has 112 valence electrons. The van der Waals surface area contributed by atoms with Crippen LogP contribution in [0.4, 0.5) is 0 Å². The zero-order chi connectivity index (χ0) is 14.5. The molecule has 0 aliphatic heterocycles. The molecule has 0 saturated heterocycles. The van der Waals surface area contributed by atoms with Crippen LogP contribution >= 0.6 is 0 Å². The second kappa shape index (κ2) is 6.90. The number of aryl methyl sites for hydroxylation is 1. The molecule has 3 rings (SSSR count). The highest BCUT2D eigenvalue weighted by atomic mass is 15.3. The van der Waals surface area contributed by atoms with Crippen LogP contribution < -0.4 is 5.32 Å². The Morgan fingerprint density at radius 3 is 3.10 bits per heavy atom. The van der Waals surface area contributed by atoms with E-state index < -0.39 is 0 Å². The highest BCUT2D eigenvalue weighted by Gasteiger charge is 2.20. The van der Waals surface area contributed by atoms with E-state index in [2.05, 4.69) is 53.5 Å². The first kappa shape index (κ1) is 14.3. The summed E-state index contributed by atoms with van der Waals surface area (Å²) in [7, 11) is 0. The van der Waals surface area contributed by atoms with Crippen molar-refractivity contribution in [3.8, 4) is 0 Å². The highest BCUT2D eigenvalue weighted by molar-refractivity contribution is 5.32. The summed E-state index contributed by atoms with van der Waals surface area (Å²) >= 11 is 0. The van der Waals surface area contributed by atoms with Gasteiger partial charge in [-0.2, -0.15) is 5.10 Å². The van der Waals surface area contributed by atoms with Crippen LogP contribution in [0.15, 0.2) is 36.5 Å². The first-order valence-electron chi connectivity index (χ1n) is 8.17. The third-order valence-electron chi connectivity index (χ3n) is 4.33. The summed E-state index contributed by atoms with van der Waals surface area (Å²) in [4.78, 5) is 0. The van der Waals surface area contributed by atoms with Gasteiger partial charge in [-0.15, -0.1) is 0 Å². The first-order valence-corrected chi connectivity index (χ1v) is 8.17. The Morgan fingerprint density at radius 1 is 1.29 bits per heavy atom. The molecule has 21 heavy (non-hydrogen) atoms. The largest absolute Gasteiger partial charge is 0.311 e. The Kier molecular flexibility index (Phi) is 4.71. The van der Waals surface area contributed by atoms with Crippen molar-refractivity contribution in [1.29, 1.82) is 0 Å². The molecule has 1 unspecified atom stereocenters. The van der Waals surface area contributed by atoms with E-state index in [0.29, 0.717) is 5.92 Å². The molecular formula is C18H25N3. The van der Waals surface area contributed by atoms with E-state index in [1.165, 1.54) is 36.8 Å². The third-order valence-corrected chi connectivity index (χ3v) is 4.33. The molecule has 3 nitrogen and oxygen atoms in total. The normalized spacial score (nSPS) is 17.7. The second-order valence-electron chi connectivity index (χ2n) is 5.99. The molecule has 0 saturated carbocycles. The predicted molar refractivity (Wildman–Crippen MR) is 86.3 cm³/mol. The van der Waals surface area contributed by atoms with Crippen molar-refractivity contribution in [3.05, 3.63) is 53.3 Å². The second-order valence-corrected chi connectivity index (χ2v) is 5.99. The van der Waals surface area contributed by atoms with Crippen molar-refractivity contribution in [2.45, 2.75) is 51.6 Å². The zero-order valence-corrected chi connectivity index (χ0v) is 12.9. The summed E-state index contributed by atoms with van der Waals surface area (Å²) in [6.45, 7) is 5.13. The van der Waals surface area contributed by atoms with Gasteiger partial charge in [0, 0.05) is 25.2 Å². The maximum Gasteiger partial charge on any atom is 0.0762 e. The van der Waals surface area contributed by atoms with Crippen molar-refractivity contribution < 1.29 is 0 Å². The fourth-order valence-corrected chi connectivity index (χ4v) is 3.26. The van der Waals surface area contributed by atoms with Gasteiger partial charge in [0.1, 0.15) is 0 Å². The van der Waals surface area contributed by atoms with Gasteiger partial charge in [0.2, 0.25) is 0 Å². The summed E-state index contributed by atoms with van der Waals surface area (Å²) in [6, 6.07) is 11.0. The predicted octanol–water partition coefficient (Wildman–Crippen LogP) is 3.50. The van der Waals surface area contributed by atoms with Crippen LogP contribution in [0, 0.1) is 0 Å². The number of fused-ring (bicyclic) bond motifs is 1. The Bertz CT molecular complexity index is 573. The lowest BCUT2D eigenvalue weighted by Crippen LogP contribution is -2.17. The van der Waals surface area contributed by atoms with E-state index in [0.717, 1.165) is 25.3 Å². The molecule has 1 N–H and O–H groups in total. The minimum Gasteiger partial charge on any atom is -0.311 e. The summed E-state index contributed by atoms with van der Waals surface area (Å²) in [5.74, 6) is 0.617. The van der Waals surface area contributed by atoms with E-state index in [9.17, 15) is 0 Å². The molecule has 0 bridgehead atoms. The van der Waals surface area contributed by atoms with Gasteiger partial charge in [-0.25, -0.2) is 0 Å². The maximum absolute atomic E-state index is 4.70. The van der Waals surface area contributed by atoms with Crippen LogP contribution in [0.2, 0.25) is 0 Å². The number of hydrogen-bond donors (Lipinski definition) is 1. The third kappa shape index (κ3) is 3.53. The van der Waals surface area contributed by atoms with Crippen LogP contribution in [0.25, 0.3) is 0 Å². The molecule has 1 atom stereocenters. The summed E-state index contributed by atoms with van der Waals surface area (Å²) < 4.78 is 2.12. The van der Waals surface area contributed by atoms with E-state index in [1.54, 1.807) is 0 Å². The quantitative estimate of drug-likeness (QED) is 0.822. The molecule has 1 aromatic carbocycles. The molecule has 1 aliphatic rings. The molecule has 0 spiro atoms. The van der Waals surface area contributed by atoms with Crippen LogP contribution in [0.3, 0.4) is 0 Å². The lowest BCUT2D eigenvalue weighted by molar-refractivity contribution is 0.454. The van der Waals surface area contributed by atoms with Crippen LogP contribution in [0.5, 0.6) is 0 Å². The SMILES string of the molecule is CCCNCc1ccn(CC2CCCc3ccccc32)n1. The summed E-state index contributed by atoms with van der Waals surface area (Å²) in [5, 5.41) is 8.11. The number of hydrogen-bond acceptors (Lipinski definition) is 2. The molecular weight excluding hydrogens is 258 g/mol. The lowest BCUT2D eigenvalue weighted by atomic mass is 9.83. The fourth-order valence-electron chi connectivity index (χ4n) is 3.26. The smallest absolute Gasteiger partial charge is 0.0762 e. The Balaban J connectivity index is 1.65. The molecule has 1 aliphatic carbocycles. The van der Waals surface area contributed by atoms with E-state index in [4.69, 9.17) is 5.10 Å². The number of aromatic nitrogens is 2. The number of rotatable bonds is 6. The highest BCUT2D eigenvalue weighted by Crippen LogP contribution is 2.32. The topological polar surface area (TPSA) is 29.9 Å². The molecule has 0 amide bonds. The monoisotopic (exact) mass is 283 g/mol. The average Bonchev–Trinajstić information content (AvgIpc) is 2.96. The first-order chi connectivity index (χ1) is 10.4. The molecule has 0 fully saturated rings. The molecule has 2 aromatic rings. The average molecular weight is 283 g/mol. The molecule has 1 heterocycles. The van der Waals surface area contributed by atoms with Gasteiger partial charge < -0.3 is 5.32 Å². The van der Waals surface area contributed by atoms with Gasteiger partial charge in [-0.3, -0.25) is 4.68 Å². The zero-order valence-electron chi connectivity index (χ0n) is 12.9. The number of benzene rings is 1. The van der Waals surface area contributed by atoms with Gasteiger partial charge in [0.05, 0.1) is 5.69 Å². The van der Waals surface area contributed by atoms with E-state index in [1.807, 2.05) is 0 Å². The van der Waals surface area contributed by atoms with Crippen molar-refractivity contribution in [2.75, 3.05) is 6.54 Å². The van der Waals surface area contributed by atoms with Gasteiger partial charge >= 0.3 is 0 Å². The van der Waals surface area contributed by atoms with Gasteiger partial charge in [-0.1, -0.05) is 31.2 Å². The van der Waals surface area contributed by atoms with E-state index >= 15 is 0 Å². The van der Waals surface area contributed by atoms with Crippen LogP contribution in [-0.4, -0.2) is 16.3 Å². The van der Waals surface area contributed by atoms with Gasteiger partial charge in [0.25, 0.3) is 0 Å². The Labute approximate surface area is 127 Å². The van der Waals surface area contributed by atoms with Crippen molar-refractivity contribution >= 4 is 0 Å².